The normalized spacial score (nSPS) is 16.7. The molecule has 0 saturated heterocycles. The molecule has 0 fully saturated rings. The molecule has 11 heteroatoms. The van der Waals surface area contributed by atoms with E-state index < -0.39 is 32.8 Å². The Balaban J connectivity index is 2.05. The maximum absolute atomic E-state index is 13.2. The van der Waals surface area contributed by atoms with Crippen LogP contribution in [0.25, 0.3) is 0 Å². The number of carbonyl (C=O) groups excluding carboxylic acids is 1. The zero-order valence-corrected chi connectivity index (χ0v) is 16.0. The molecule has 7 nitrogen and oxygen atoms in total. The predicted octanol–water partition coefficient (Wildman–Crippen LogP) is 2.38. The van der Waals surface area contributed by atoms with Gasteiger partial charge in [-0.05, 0) is 36.4 Å². The van der Waals surface area contributed by atoms with Gasteiger partial charge in [-0.1, -0.05) is 6.07 Å². The summed E-state index contributed by atoms with van der Waals surface area (Å²) in [7, 11) is -4.36. The molecule has 0 saturated carbocycles. The minimum atomic E-state index is -4.69. The van der Waals surface area contributed by atoms with E-state index in [1.54, 1.807) is 0 Å². The van der Waals surface area contributed by atoms with Crippen molar-refractivity contribution < 1.29 is 31.1 Å². The lowest BCUT2D eigenvalue weighted by molar-refractivity contribution is -0.137. The number of hydrogen-bond donors (Lipinski definition) is 2. The van der Waals surface area contributed by atoms with Crippen molar-refractivity contribution in [3.8, 4) is 5.75 Å². The van der Waals surface area contributed by atoms with Crippen molar-refractivity contribution in [2.75, 3.05) is 23.1 Å². The van der Waals surface area contributed by atoms with Crippen LogP contribution in [0.3, 0.4) is 0 Å². The highest BCUT2D eigenvalue weighted by atomic mass is 32.2. The second-order valence-corrected chi connectivity index (χ2v) is 8.33. The lowest BCUT2D eigenvalue weighted by Crippen LogP contribution is -2.48. The number of alkyl halides is 3. The van der Waals surface area contributed by atoms with Crippen LogP contribution in [0, 0.1) is 0 Å². The monoisotopic (exact) mass is 429 g/mol. The highest BCUT2D eigenvalue weighted by molar-refractivity contribution is 7.92. The van der Waals surface area contributed by atoms with Gasteiger partial charge in [0.25, 0.3) is 10.0 Å². The molecule has 1 atom stereocenters. The number of amides is 1. The molecule has 3 N–H and O–H groups in total. The molecular weight excluding hydrogens is 411 g/mol. The van der Waals surface area contributed by atoms with E-state index in [1.807, 2.05) is 0 Å². The molecule has 2 aromatic carbocycles. The van der Waals surface area contributed by atoms with Crippen molar-refractivity contribution in [1.29, 1.82) is 0 Å². The molecule has 29 heavy (non-hydrogen) atoms. The van der Waals surface area contributed by atoms with Crippen LogP contribution >= 0.6 is 0 Å². The number of nitrogens with zero attached hydrogens (tertiary/aromatic N) is 1. The van der Waals surface area contributed by atoms with Crippen molar-refractivity contribution in [3.05, 3.63) is 48.0 Å². The van der Waals surface area contributed by atoms with Gasteiger partial charge < -0.3 is 15.8 Å². The molecule has 156 valence electrons. The maximum atomic E-state index is 13.2. The van der Waals surface area contributed by atoms with Gasteiger partial charge in [-0.3, -0.25) is 9.10 Å². The average Bonchev–Trinajstić information content (AvgIpc) is 2.65. The molecular formula is C18H18F3N3O4S. The Labute approximate surface area is 165 Å². The number of carbonyl (C=O) groups is 1. The lowest BCUT2D eigenvalue weighted by Gasteiger charge is -2.35. The van der Waals surface area contributed by atoms with Gasteiger partial charge >= 0.3 is 6.18 Å². The second-order valence-electron chi connectivity index (χ2n) is 6.47. The molecule has 0 spiro atoms. The third-order valence-corrected chi connectivity index (χ3v) is 6.02. The van der Waals surface area contributed by atoms with E-state index in [0.29, 0.717) is 6.07 Å². The number of halogens is 3. The van der Waals surface area contributed by atoms with Gasteiger partial charge in [0.15, 0.2) is 0 Å². The number of anilines is 2. The fourth-order valence-corrected chi connectivity index (χ4v) is 4.43. The van der Waals surface area contributed by atoms with Crippen molar-refractivity contribution >= 4 is 27.3 Å². The summed E-state index contributed by atoms with van der Waals surface area (Å²) in [5, 5.41) is 2.54. The first-order valence-corrected chi connectivity index (χ1v) is 9.93. The van der Waals surface area contributed by atoms with Gasteiger partial charge in [0, 0.05) is 12.6 Å². The summed E-state index contributed by atoms with van der Waals surface area (Å²) in [6, 6.07) is 7.85. The van der Waals surface area contributed by atoms with Crippen LogP contribution in [0.5, 0.6) is 5.75 Å². The quantitative estimate of drug-likeness (QED) is 0.727. The molecule has 0 aromatic heterocycles. The standard InChI is InChI=1S/C18H18F3N3O4S/c1-11(25)23-9-14-10-24(16-8-13(22)5-6-17(16)28-14)29(26,27)15-4-2-3-12(7-15)18(19,20)21/h2-8,14H,9-10,22H2,1H3,(H,23,25)/t14-/m0/s1. The summed E-state index contributed by atoms with van der Waals surface area (Å²) < 4.78 is 72.2. The summed E-state index contributed by atoms with van der Waals surface area (Å²) in [5.41, 5.74) is 5.06. The van der Waals surface area contributed by atoms with Gasteiger partial charge in [0.05, 0.1) is 29.2 Å². The molecule has 1 heterocycles. The summed E-state index contributed by atoms with van der Waals surface area (Å²) in [6.07, 6.45) is -5.43. The molecule has 3 rings (SSSR count). The van der Waals surface area contributed by atoms with E-state index in [1.165, 1.54) is 25.1 Å². The van der Waals surface area contributed by atoms with Crippen molar-refractivity contribution in [3.63, 3.8) is 0 Å². The number of benzene rings is 2. The Morgan fingerprint density at radius 1 is 1.28 bits per heavy atom. The Bertz CT molecular complexity index is 1040. The number of nitrogens with two attached hydrogens (primary N) is 1. The Hall–Kier alpha value is -2.95. The lowest BCUT2D eigenvalue weighted by atomic mass is 10.2. The van der Waals surface area contributed by atoms with Gasteiger partial charge in [-0.2, -0.15) is 13.2 Å². The van der Waals surface area contributed by atoms with Crippen LogP contribution in [0.2, 0.25) is 0 Å². The number of sulfonamides is 1. The number of rotatable bonds is 4. The Morgan fingerprint density at radius 2 is 2.00 bits per heavy atom. The first-order valence-electron chi connectivity index (χ1n) is 8.49. The van der Waals surface area contributed by atoms with Gasteiger partial charge in [0.2, 0.25) is 5.91 Å². The van der Waals surface area contributed by atoms with Crippen LogP contribution in [-0.4, -0.2) is 33.5 Å². The van der Waals surface area contributed by atoms with E-state index in [9.17, 15) is 26.4 Å². The zero-order valence-electron chi connectivity index (χ0n) is 15.2. The summed E-state index contributed by atoms with van der Waals surface area (Å²) >= 11 is 0. The van der Waals surface area contributed by atoms with Gasteiger partial charge in [-0.15, -0.1) is 0 Å². The number of nitrogens with one attached hydrogen (secondary N) is 1. The third kappa shape index (κ3) is 4.39. The molecule has 1 amide bonds. The molecule has 0 radical (unpaired) electrons. The van der Waals surface area contributed by atoms with E-state index in [-0.39, 0.29) is 36.1 Å². The topological polar surface area (TPSA) is 102 Å². The Kier molecular flexibility index (Phi) is 5.35. The molecule has 1 aliphatic heterocycles. The first kappa shape index (κ1) is 20.8. The zero-order chi connectivity index (χ0) is 21.4. The maximum Gasteiger partial charge on any atom is 0.416 e. The van der Waals surface area contributed by atoms with Crippen molar-refractivity contribution in [1.82, 2.24) is 5.32 Å². The van der Waals surface area contributed by atoms with Crippen molar-refractivity contribution in [2.45, 2.75) is 24.1 Å². The SMILES string of the molecule is CC(=O)NC[C@H]1CN(S(=O)(=O)c2cccc(C(F)(F)F)c2)c2cc(N)ccc2O1. The highest BCUT2D eigenvalue weighted by Gasteiger charge is 2.37. The van der Waals surface area contributed by atoms with Crippen LogP contribution in [0.15, 0.2) is 47.4 Å². The van der Waals surface area contributed by atoms with Crippen LogP contribution in [0.1, 0.15) is 12.5 Å². The Morgan fingerprint density at radius 3 is 2.66 bits per heavy atom. The summed E-state index contributed by atoms with van der Waals surface area (Å²) in [4.78, 5) is 10.7. The first-order chi connectivity index (χ1) is 13.5. The smallest absolute Gasteiger partial charge is 0.416 e. The summed E-state index contributed by atoms with van der Waals surface area (Å²) in [6.45, 7) is 1.11. The fourth-order valence-electron chi connectivity index (χ4n) is 2.88. The fraction of sp³-hybridized carbons (Fsp3) is 0.278. The highest BCUT2D eigenvalue weighted by Crippen LogP contribution is 2.39. The molecule has 2 aromatic rings. The third-order valence-electron chi connectivity index (χ3n) is 4.24. The van der Waals surface area contributed by atoms with E-state index in [0.717, 1.165) is 22.5 Å². The van der Waals surface area contributed by atoms with E-state index in [2.05, 4.69) is 5.32 Å². The number of fused-ring (bicyclic) bond motifs is 1. The van der Waals surface area contributed by atoms with E-state index >= 15 is 0 Å². The second kappa shape index (κ2) is 7.47. The summed E-state index contributed by atoms with van der Waals surface area (Å²) in [5.74, 6) is -0.139. The van der Waals surface area contributed by atoms with Crippen LogP contribution in [0.4, 0.5) is 24.5 Å². The minimum Gasteiger partial charge on any atom is -0.484 e. The van der Waals surface area contributed by atoms with Crippen LogP contribution in [-0.2, 0) is 21.0 Å². The van der Waals surface area contributed by atoms with Gasteiger partial charge in [-0.25, -0.2) is 8.42 Å². The average molecular weight is 429 g/mol. The van der Waals surface area contributed by atoms with E-state index in [4.69, 9.17) is 10.5 Å². The molecule has 1 aliphatic rings. The molecule has 0 aliphatic carbocycles. The number of hydrogen-bond acceptors (Lipinski definition) is 5. The van der Waals surface area contributed by atoms with Gasteiger partial charge in [0.1, 0.15) is 11.9 Å². The minimum absolute atomic E-state index is 0.0216. The number of ether oxygens (including phenoxy) is 1. The van der Waals surface area contributed by atoms with Crippen LogP contribution < -0.4 is 20.1 Å². The predicted molar refractivity (Wildman–Crippen MR) is 99.9 cm³/mol. The largest absolute Gasteiger partial charge is 0.484 e. The van der Waals surface area contributed by atoms with Crippen molar-refractivity contribution in [2.24, 2.45) is 0 Å². The molecule has 0 unspecified atom stereocenters. The molecule has 0 bridgehead atoms. The number of nitrogen functional groups attached to an aromatic ring is 1.